The lowest BCUT2D eigenvalue weighted by atomic mass is 9.97. The molecule has 2 heterocycles. The summed E-state index contributed by atoms with van der Waals surface area (Å²) in [5.74, 6) is 2.45. The molecular weight excluding hydrogens is 296 g/mol. The van der Waals surface area contributed by atoms with Crippen LogP contribution in [0.1, 0.15) is 59.8 Å². The number of hydrogen-bond acceptors (Lipinski definition) is 4. The third kappa shape index (κ3) is 5.05. The van der Waals surface area contributed by atoms with Gasteiger partial charge in [-0.3, -0.25) is 0 Å². The fourth-order valence-corrected chi connectivity index (χ4v) is 4.22. The maximum atomic E-state index is 12.4. The Bertz CT molecular complexity index is 356. The maximum absolute atomic E-state index is 12.4. The molecule has 0 saturated carbocycles. The number of nitrogens with one attached hydrogen (secondary N) is 1. The van der Waals surface area contributed by atoms with Crippen LogP contribution in [0.5, 0.6) is 0 Å². The van der Waals surface area contributed by atoms with Gasteiger partial charge in [0.1, 0.15) is 5.60 Å². The first-order chi connectivity index (χ1) is 10.4. The van der Waals surface area contributed by atoms with Gasteiger partial charge in [-0.05, 0) is 70.9 Å². The molecule has 0 aromatic heterocycles. The Morgan fingerprint density at radius 2 is 1.91 bits per heavy atom. The van der Waals surface area contributed by atoms with Crippen molar-refractivity contribution < 1.29 is 9.53 Å². The predicted octanol–water partition coefficient (Wildman–Crippen LogP) is 3.65. The minimum Gasteiger partial charge on any atom is -0.444 e. The monoisotopic (exact) mass is 328 g/mol. The molecule has 4 nitrogen and oxygen atoms in total. The molecule has 0 aromatic carbocycles. The number of carbonyl (C=O) groups is 1. The highest BCUT2D eigenvalue weighted by atomic mass is 32.2. The summed E-state index contributed by atoms with van der Waals surface area (Å²) in [6.45, 7) is 9.13. The molecule has 0 aliphatic carbocycles. The normalized spacial score (nSPS) is 28.0. The van der Waals surface area contributed by atoms with Gasteiger partial charge in [0.15, 0.2) is 0 Å². The Hall–Kier alpha value is -0.420. The van der Waals surface area contributed by atoms with E-state index in [9.17, 15) is 4.79 Å². The molecule has 2 aliphatic rings. The van der Waals surface area contributed by atoms with E-state index in [0.717, 1.165) is 32.2 Å². The van der Waals surface area contributed by atoms with Gasteiger partial charge in [0, 0.05) is 18.1 Å². The quantitative estimate of drug-likeness (QED) is 0.756. The smallest absolute Gasteiger partial charge is 0.410 e. The lowest BCUT2D eigenvalue weighted by molar-refractivity contribution is 0.00476. The summed E-state index contributed by atoms with van der Waals surface area (Å²) in [6.07, 6.45) is 5.55. The molecule has 128 valence electrons. The van der Waals surface area contributed by atoms with Crippen LogP contribution >= 0.6 is 11.8 Å². The van der Waals surface area contributed by atoms with Gasteiger partial charge in [0.05, 0.1) is 0 Å². The maximum Gasteiger partial charge on any atom is 0.410 e. The summed E-state index contributed by atoms with van der Waals surface area (Å²) in [4.78, 5) is 14.4. The minimum atomic E-state index is -0.400. The van der Waals surface area contributed by atoms with Crippen molar-refractivity contribution in [3.05, 3.63) is 0 Å². The Labute approximate surface area is 139 Å². The first kappa shape index (κ1) is 17.9. The van der Waals surface area contributed by atoms with E-state index >= 15 is 0 Å². The SMILES string of the molecule is CCSCCCNC1CC2CCC(C1)N2C(=O)OC(C)(C)C. The average molecular weight is 329 g/mol. The second kappa shape index (κ2) is 7.91. The van der Waals surface area contributed by atoms with Crippen LogP contribution in [0.3, 0.4) is 0 Å². The van der Waals surface area contributed by atoms with Crippen molar-refractivity contribution in [1.82, 2.24) is 10.2 Å². The Morgan fingerprint density at radius 3 is 2.45 bits per heavy atom. The summed E-state index contributed by atoms with van der Waals surface area (Å²) in [6, 6.07) is 1.31. The molecule has 2 unspecified atom stereocenters. The van der Waals surface area contributed by atoms with Gasteiger partial charge >= 0.3 is 6.09 Å². The lowest BCUT2D eigenvalue weighted by Crippen LogP contribution is -2.52. The van der Waals surface area contributed by atoms with E-state index in [1.54, 1.807) is 0 Å². The van der Waals surface area contributed by atoms with E-state index < -0.39 is 5.60 Å². The van der Waals surface area contributed by atoms with Crippen LogP contribution < -0.4 is 5.32 Å². The third-order valence-corrected chi connectivity index (χ3v) is 5.43. The van der Waals surface area contributed by atoms with Gasteiger partial charge in [-0.25, -0.2) is 4.79 Å². The van der Waals surface area contributed by atoms with Gasteiger partial charge in [-0.2, -0.15) is 11.8 Å². The van der Waals surface area contributed by atoms with Gasteiger partial charge in [-0.15, -0.1) is 0 Å². The Kier molecular flexibility index (Phi) is 6.45. The van der Waals surface area contributed by atoms with Crippen molar-refractivity contribution >= 4 is 17.9 Å². The molecule has 2 bridgehead atoms. The van der Waals surface area contributed by atoms with Crippen molar-refractivity contribution in [3.8, 4) is 0 Å². The number of rotatable bonds is 6. The number of nitrogens with zero attached hydrogens (tertiary/aromatic N) is 1. The van der Waals surface area contributed by atoms with Gasteiger partial charge in [0.2, 0.25) is 0 Å². The second-order valence-corrected chi connectivity index (χ2v) is 8.84. The number of ether oxygens (including phenoxy) is 1. The largest absolute Gasteiger partial charge is 0.444 e. The van der Waals surface area contributed by atoms with E-state index in [1.807, 2.05) is 37.4 Å². The first-order valence-corrected chi connectivity index (χ1v) is 9.88. The van der Waals surface area contributed by atoms with E-state index in [1.165, 1.54) is 17.9 Å². The summed E-state index contributed by atoms with van der Waals surface area (Å²) < 4.78 is 5.58. The second-order valence-electron chi connectivity index (χ2n) is 7.45. The fourth-order valence-electron chi connectivity index (χ4n) is 3.58. The van der Waals surface area contributed by atoms with Crippen molar-refractivity contribution in [2.24, 2.45) is 0 Å². The molecule has 5 heteroatoms. The lowest BCUT2D eigenvalue weighted by Gasteiger charge is -2.39. The predicted molar refractivity (Wildman–Crippen MR) is 93.5 cm³/mol. The Balaban J connectivity index is 1.78. The zero-order valence-corrected chi connectivity index (χ0v) is 15.4. The van der Waals surface area contributed by atoms with Crippen LogP contribution in [-0.2, 0) is 4.74 Å². The molecule has 22 heavy (non-hydrogen) atoms. The number of piperidine rings is 1. The van der Waals surface area contributed by atoms with Crippen molar-refractivity contribution in [3.63, 3.8) is 0 Å². The van der Waals surface area contributed by atoms with E-state index in [2.05, 4.69) is 12.2 Å². The van der Waals surface area contributed by atoms with Gasteiger partial charge in [-0.1, -0.05) is 6.92 Å². The first-order valence-electron chi connectivity index (χ1n) is 8.73. The van der Waals surface area contributed by atoms with E-state index in [-0.39, 0.29) is 6.09 Å². The molecule has 1 amide bonds. The zero-order chi connectivity index (χ0) is 16.2. The van der Waals surface area contributed by atoms with Crippen LogP contribution in [0.15, 0.2) is 0 Å². The molecule has 2 atom stereocenters. The van der Waals surface area contributed by atoms with E-state index in [0.29, 0.717) is 18.1 Å². The fraction of sp³-hybridized carbons (Fsp3) is 0.941. The van der Waals surface area contributed by atoms with E-state index in [4.69, 9.17) is 4.74 Å². The number of thioether (sulfide) groups is 1. The van der Waals surface area contributed by atoms with Crippen molar-refractivity contribution in [1.29, 1.82) is 0 Å². The highest BCUT2D eigenvalue weighted by Crippen LogP contribution is 2.36. The molecule has 2 aliphatic heterocycles. The van der Waals surface area contributed by atoms with Crippen LogP contribution in [0.4, 0.5) is 4.79 Å². The van der Waals surface area contributed by atoms with Crippen LogP contribution in [0.2, 0.25) is 0 Å². The topological polar surface area (TPSA) is 41.6 Å². The number of carbonyl (C=O) groups excluding carboxylic acids is 1. The number of fused-ring (bicyclic) bond motifs is 2. The van der Waals surface area contributed by atoms with Crippen LogP contribution in [0.25, 0.3) is 0 Å². The number of hydrogen-bond donors (Lipinski definition) is 1. The molecule has 0 radical (unpaired) electrons. The van der Waals surface area contributed by atoms with Gasteiger partial charge in [0.25, 0.3) is 0 Å². The zero-order valence-electron chi connectivity index (χ0n) is 14.6. The summed E-state index contributed by atoms with van der Waals surface area (Å²) in [7, 11) is 0. The average Bonchev–Trinajstić information content (AvgIpc) is 2.68. The molecular formula is C17H32N2O2S. The third-order valence-electron chi connectivity index (χ3n) is 4.44. The van der Waals surface area contributed by atoms with Crippen LogP contribution in [0, 0.1) is 0 Å². The molecule has 2 saturated heterocycles. The molecule has 2 rings (SSSR count). The summed E-state index contributed by atoms with van der Waals surface area (Å²) in [5, 5.41) is 3.70. The molecule has 0 spiro atoms. The highest BCUT2D eigenvalue weighted by molar-refractivity contribution is 7.99. The molecule has 1 N–H and O–H groups in total. The Morgan fingerprint density at radius 1 is 1.27 bits per heavy atom. The minimum absolute atomic E-state index is 0.113. The van der Waals surface area contributed by atoms with Crippen LogP contribution in [-0.4, -0.2) is 52.8 Å². The molecule has 2 fully saturated rings. The number of amides is 1. The summed E-state index contributed by atoms with van der Waals surface area (Å²) in [5.41, 5.74) is -0.400. The van der Waals surface area contributed by atoms with Crippen molar-refractivity contribution in [2.45, 2.75) is 83.5 Å². The van der Waals surface area contributed by atoms with Crippen molar-refractivity contribution in [2.75, 3.05) is 18.1 Å². The molecule has 0 aromatic rings. The highest BCUT2D eigenvalue weighted by Gasteiger charge is 2.44. The summed E-state index contributed by atoms with van der Waals surface area (Å²) >= 11 is 2.01. The standard InChI is InChI=1S/C17H32N2O2S/c1-5-22-10-6-9-18-13-11-14-7-8-15(12-13)19(14)16(20)21-17(2,3)4/h13-15,18H,5-12H2,1-4H3. The van der Waals surface area contributed by atoms with Gasteiger partial charge < -0.3 is 15.0 Å².